The molecule has 6 heteroatoms. The quantitative estimate of drug-likeness (QED) is 0.572. The van der Waals surface area contributed by atoms with Gasteiger partial charge in [0.1, 0.15) is 6.33 Å². The van der Waals surface area contributed by atoms with Gasteiger partial charge >= 0.3 is 0 Å². The standard InChI is InChI=1S/C13H16N4O2/c1-2-11(18)15-5-6-16-13(19)10-7-14-8-17-12(10)9-3-4-9/h2,7-9H,1,3-6H2,(H,15,18)(H,16,19). The average molecular weight is 260 g/mol. The molecule has 2 N–H and O–H groups in total. The van der Waals surface area contributed by atoms with Gasteiger partial charge in [0.2, 0.25) is 5.91 Å². The summed E-state index contributed by atoms with van der Waals surface area (Å²) in [4.78, 5) is 31.0. The highest BCUT2D eigenvalue weighted by Crippen LogP contribution is 2.40. The molecule has 0 aromatic carbocycles. The third kappa shape index (κ3) is 3.61. The molecule has 6 nitrogen and oxygen atoms in total. The van der Waals surface area contributed by atoms with Gasteiger partial charge in [-0.1, -0.05) is 6.58 Å². The lowest BCUT2D eigenvalue weighted by atomic mass is 10.1. The van der Waals surface area contributed by atoms with Gasteiger partial charge in [-0.05, 0) is 18.9 Å². The van der Waals surface area contributed by atoms with Crippen LogP contribution in [-0.2, 0) is 4.79 Å². The summed E-state index contributed by atoms with van der Waals surface area (Å²) in [5, 5.41) is 5.32. The van der Waals surface area contributed by atoms with Crippen LogP contribution in [0.15, 0.2) is 25.2 Å². The van der Waals surface area contributed by atoms with Gasteiger partial charge in [-0.2, -0.15) is 0 Å². The fourth-order valence-corrected chi connectivity index (χ4v) is 1.73. The van der Waals surface area contributed by atoms with Crippen LogP contribution < -0.4 is 10.6 Å². The van der Waals surface area contributed by atoms with Crippen molar-refractivity contribution in [3.05, 3.63) is 36.4 Å². The minimum Gasteiger partial charge on any atom is -0.351 e. The van der Waals surface area contributed by atoms with E-state index >= 15 is 0 Å². The first-order valence-electron chi connectivity index (χ1n) is 6.20. The van der Waals surface area contributed by atoms with Crippen molar-refractivity contribution in [3.63, 3.8) is 0 Å². The van der Waals surface area contributed by atoms with Gasteiger partial charge < -0.3 is 10.6 Å². The molecule has 1 aliphatic rings. The SMILES string of the molecule is C=CC(=O)NCCNC(=O)c1cncnc1C1CC1. The van der Waals surface area contributed by atoms with E-state index in [1.54, 1.807) is 0 Å². The van der Waals surface area contributed by atoms with Crippen molar-refractivity contribution in [2.24, 2.45) is 0 Å². The number of hydrogen-bond acceptors (Lipinski definition) is 4. The topological polar surface area (TPSA) is 84.0 Å². The number of carbonyl (C=O) groups is 2. The van der Waals surface area contributed by atoms with E-state index in [1.165, 1.54) is 18.6 Å². The molecule has 19 heavy (non-hydrogen) atoms. The van der Waals surface area contributed by atoms with Crippen LogP contribution in [-0.4, -0.2) is 34.9 Å². The van der Waals surface area contributed by atoms with Crippen molar-refractivity contribution in [1.29, 1.82) is 0 Å². The second kappa shape index (κ2) is 6.08. The Morgan fingerprint density at radius 2 is 2.11 bits per heavy atom. The third-order valence-corrected chi connectivity index (χ3v) is 2.85. The molecule has 1 aliphatic carbocycles. The number of rotatable bonds is 6. The first-order chi connectivity index (χ1) is 9.22. The molecular formula is C13H16N4O2. The summed E-state index contributed by atoms with van der Waals surface area (Å²) in [7, 11) is 0. The van der Waals surface area contributed by atoms with Crippen molar-refractivity contribution in [3.8, 4) is 0 Å². The summed E-state index contributed by atoms with van der Waals surface area (Å²) in [5.41, 5.74) is 1.35. The molecular weight excluding hydrogens is 244 g/mol. The lowest BCUT2D eigenvalue weighted by Crippen LogP contribution is -2.34. The van der Waals surface area contributed by atoms with Gasteiger partial charge in [0.15, 0.2) is 0 Å². The highest BCUT2D eigenvalue weighted by molar-refractivity contribution is 5.95. The molecule has 1 heterocycles. The van der Waals surface area contributed by atoms with Crippen LogP contribution in [0.2, 0.25) is 0 Å². The van der Waals surface area contributed by atoms with E-state index in [9.17, 15) is 9.59 Å². The molecule has 0 aliphatic heterocycles. The first-order valence-corrected chi connectivity index (χ1v) is 6.20. The van der Waals surface area contributed by atoms with Gasteiger partial charge in [0.05, 0.1) is 11.3 Å². The Hall–Kier alpha value is -2.24. The van der Waals surface area contributed by atoms with Gasteiger partial charge in [0.25, 0.3) is 5.91 Å². The smallest absolute Gasteiger partial charge is 0.254 e. The second-order valence-corrected chi connectivity index (χ2v) is 4.35. The zero-order valence-corrected chi connectivity index (χ0v) is 10.6. The van der Waals surface area contributed by atoms with E-state index in [2.05, 4.69) is 27.2 Å². The van der Waals surface area contributed by atoms with Gasteiger partial charge in [0, 0.05) is 25.2 Å². The van der Waals surface area contributed by atoms with E-state index in [0.29, 0.717) is 24.6 Å². The maximum atomic E-state index is 12.0. The van der Waals surface area contributed by atoms with Crippen LogP contribution in [0.5, 0.6) is 0 Å². The van der Waals surface area contributed by atoms with E-state index in [0.717, 1.165) is 18.5 Å². The molecule has 0 atom stereocenters. The number of aromatic nitrogens is 2. The van der Waals surface area contributed by atoms with Crippen molar-refractivity contribution >= 4 is 11.8 Å². The number of amides is 2. The average Bonchev–Trinajstić information content (AvgIpc) is 3.27. The summed E-state index contributed by atoms with van der Waals surface area (Å²) in [6, 6.07) is 0. The van der Waals surface area contributed by atoms with Crippen LogP contribution in [0.4, 0.5) is 0 Å². The Morgan fingerprint density at radius 1 is 1.37 bits per heavy atom. The number of nitrogens with zero attached hydrogens (tertiary/aromatic N) is 2. The molecule has 1 fully saturated rings. The minimum absolute atomic E-state index is 0.199. The summed E-state index contributed by atoms with van der Waals surface area (Å²) in [5.74, 6) is -0.0597. The predicted octanol–water partition coefficient (Wildman–Crippen LogP) is 0.386. The van der Waals surface area contributed by atoms with Gasteiger partial charge in [-0.15, -0.1) is 0 Å². The summed E-state index contributed by atoms with van der Waals surface area (Å²) < 4.78 is 0. The Bertz CT molecular complexity index is 497. The molecule has 1 aromatic heterocycles. The van der Waals surface area contributed by atoms with Crippen molar-refractivity contribution in [1.82, 2.24) is 20.6 Å². The van der Waals surface area contributed by atoms with Gasteiger partial charge in [-0.25, -0.2) is 9.97 Å². The lowest BCUT2D eigenvalue weighted by molar-refractivity contribution is -0.116. The van der Waals surface area contributed by atoms with Crippen LogP contribution in [0, 0.1) is 0 Å². The summed E-state index contributed by atoms with van der Waals surface area (Å²) in [6.07, 6.45) is 6.35. The molecule has 100 valence electrons. The monoisotopic (exact) mass is 260 g/mol. The fourth-order valence-electron chi connectivity index (χ4n) is 1.73. The van der Waals surface area contributed by atoms with Crippen molar-refractivity contribution < 1.29 is 9.59 Å². The predicted molar refractivity (Wildman–Crippen MR) is 69.5 cm³/mol. The lowest BCUT2D eigenvalue weighted by Gasteiger charge is -2.08. The van der Waals surface area contributed by atoms with E-state index in [-0.39, 0.29) is 11.8 Å². The highest BCUT2D eigenvalue weighted by Gasteiger charge is 2.29. The second-order valence-electron chi connectivity index (χ2n) is 4.35. The Morgan fingerprint density at radius 3 is 2.79 bits per heavy atom. The zero-order chi connectivity index (χ0) is 13.7. The van der Waals surface area contributed by atoms with E-state index in [1.807, 2.05) is 0 Å². The Kier molecular flexibility index (Phi) is 4.22. The molecule has 1 saturated carbocycles. The normalized spacial score (nSPS) is 13.7. The van der Waals surface area contributed by atoms with E-state index in [4.69, 9.17) is 0 Å². The fraction of sp³-hybridized carbons (Fsp3) is 0.385. The van der Waals surface area contributed by atoms with Gasteiger partial charge in [-0.3, -0.25) is 9.59 Å². The van der Waals surface area contributed by atoms with Crippen molar-refractivity contribution in [2.75, 3.05) is 13.1 Å². The highest BCUT2D eigenvalue weighted by atomic mass is 16.2. The third-order valence-electron chi connectivity index (χ3n) is 2.85. The van der Waals surface area contributed by atoms with Crippen molar-refractivity contribution in [2.45, 2.75) is 18.8 Å². The maximum absolute atomic E-state index is 12.0. The molecule has 0 radical (unpaired) electrons. The largest absolute Gasteiger partial charge is 0.351 e. The summed E-state index contributed by atoms with van der Waals surface area (Å²) in [6.45, 7) is 4.07. The number of hydrogen-bond donors (Lipinski definition) is 2. The zero-order valence-electron chi connectivity index (χ0n) is 10.6. The van der Waals surface area contributed by atoms with Crippen LogP contribution >= 0.6 is 0 Å². The van der Waals surface area contributed by atoms with Crippen LogP contribution in [0.25, 0.3) is 0 Å². The molecule has 0 unspecified atom stereocenters. The Labute approximate surface area is 111 Å². The van der Waals surface area contributed by atoms with E-state index < -0.39 is 0 Å². The first kappa shape index (κ1) is 13.2. The molecule has 1 aromatic rings. The maximum Gasteiger partial charge on any atom is 0.254 e. The van der Waals surface area contributed by atoms with Crippen LogP contribution in [0.1, 0.15) is 34.8 Å². The molecule has 2 rings (SSSR count). The minimum atomic E-state index is -0.254. The van der Waals surface area contributed by atoms with Crippen LogP contribution in [0.3, 0.4) is 0 Å². The number of carbonyl (C=O) groups excluding carboxylic acids is 2. The number of nitrogens with one attached hydrogen (secondary N) is 2. The molecule has 0 spiro atoms. The molecule has 0 bridgehead atoms. The molecule has 2 amide bonds. The Balaban J connectivity index is 1.86. The summed E-state index contributed by atoms with van der Waals surface area (Å²) >= 11 is 0. The molecule has 0 saturated heterocycles.